The zero-order valence-electron chi connectivity index (χ0n) is 16.1. The fraction of sp³-hybridized carbons (Fsp3) is 0.227. The Morgan fingerprint density at radius 3 is 2.87 bits per heavy atom. The van der Waals surface area contributed by atoms with E-state index < -0.39 is 0 Å². The molecule has 1 aliphatic rings. The Morgan fingerprint density at radius 2 is 1.97 bits per heavy atom. The van der Waals surface area contributed by atoms with E-state index in [0.29, 0.717) is 29.6 Å². The molecule has 0 aliphatic heterocycles. The van der Waals surface area contributed by atoms with Crippen LogP contribution in [-0.4, -0.2) is 47.4 Å². The molecule has 2 atom stereocenters. The van der Waals surface area contributed by atoms with Crippen molar-refractivity contribution in [3.63, 3.8) is 0 Å². The molecular formula is C22H19N7O. The summed E-state index contributed by atoms with van der Waals surface area (Å²) in [5.74, 6) is 7.23. The number of aromatic amines is 1. The predicted molar refractivity (Wildman–Crippen MR) is 112 cm³/mol. The number of fused-ring (bicyclic) bond motifs is 1. The van der Waals surface area contributed by atoms with E-state index in [4.69, 9.17) is 0 Å². The fourth-order valence-corrected chi connectivity index (χ4v) is 3.53. The van der Waals surface area contributed by atoms with Gasteiger partial charge in [0.05, 0.1) is 17.8 Å². The van der Waals surface area contributed by atoms with Crippen LogP contribution in [0, 0.1) is 11.8 Å². The maximum Gasteiger partial charge on any atom is 0.223 e. The van der Waals surface area contributed by atoms with Crippen LogP contribution in [0.3, 0.4) is 0 Å². The molecule has 0 amide bonds. The molecule has 0 radical (unpaired) electrons. The van der Waals surface area contributed by atoms with Gasteiger partial charge in [0.25, 0.3) is 0 Å². The second-order valence-electron chi connectivity index (χ2n) is 7.26. The molecule has 0 unspecified atom stereocenters. The van der Waals surface area contributed by atoms with Crippen molar-refractivity contribution < 1.29 is 5.11 Å². The van der Waals surface area contributed by atoms with Gasteiger partial charge in [0.15, 0.2) is 5.82 Å². The van der Waals surface area contributed by atoms with Crippen LogP contribution in [0.2, 0.25) is 0 Å². The molecule has 0 bridgehead atoms. The first-order valence-electron chi connectivity index (χ1n) is 9.79. The number of hydrogen-bond donors (Lipinski definition) is 3. The SMILES string of the molecule is O[C@@H]1CC[C@H](Nc2nccc(-c3nccc(C#Cc4ccc5[nH]ncc5c4)n3)n2)C1. The number of nitrogens with one attached hydrogen (secondary N) is 2. The summed E-state index contributed by atoms with van der Waals surface area (Å²) >= 11 is 0. The van der Waals surface area contributed by atoms with E-state index in [2.05, 4.69) is 47.3 Å². The number of anilines is 1. The summed E-state index contributed by atoms with van der Waals surface area (Å²) in [7, 11) is 0. The summed E-state index contributed by atoms with van der Waals surface area (Å²) < 4.78 is 0. The van der Waals surface area contributed by atoms with Crippen LogP contribution < -0.4 is 5.32 Å². The van der Waals surface area contributed by atoms with E-state index in [1.165, 1.54) is 0 Å². The van der Waals surface area contributed by atoms with Crippen molar-refractivity contribution in [3.8, 4) is 23.4 Å². The minimum atomic E-state index is -0.251. The quantitative estimate of drug-likeness (QED) is 0.455. The Bertz CT molecular complexity index is 1260. The Morgan fingerprint density at radius 1 is 1.03 bits per heavy atom. The Kier molecular flexibility index (Phi) is 4.79. The topological polar surface area (TPSA) is 112 Å². The van der Waals surface area contributed by atoms with Crippen molar-refractivity contribution in [2.45, 2.75) is 31.4 Å². The van der Waals surface area contributed by atoms with Crippen molar-refractivity contribution in [3.05, 3.63) is 60.2 Å². The molecule has 8 nitrogen and oxygen atoms in total. The molecule has 3 heterocycles. The van der Waals surface area contributed by atoms with Crippen LogP contribution in [0.1, 0.15) is 30.5 Å². The monoisotopic (exact) mass is 397 g/mol. The van der Waals surface area contributed by atoms with Crippen molar-refractivity contribution in [2.75, 3.05) is 5.32 Å². The molecule has 0 spiro atoms. The average Bonchev–Trinajstić information content (AvgIpc) is 3.41. The molecule has 0 saturated heterocycles. The number of nitrogens with zero attached hydrogens (tertiary/aromatic N) is 5. The van der Waals surface area contributed by atoms with Crippen molar-refractivity contribution in [1.29, 1.82) is 0 Å². The lowest BCUT2D eigenvalue weighted by Crippen LogP contribution is -2.18. The molecule has 1 aliphatic carbocycles. The highest BCUT2D eigenvalue weighted by Crippen LogP contribution is 2.22. The van der Waals surface area contributed by atoms with Gasteiger partial charge in [0, 0.05) is 29.4 Å². The highest BCUT2D eigenvalue weighted by molar-refractivity contribution is 5.79. The van der Waals surface area contributed by atoms with Crippen LogP contribution in [0.4, 0.5) is 5.95 Å². The lowest BCUT2D eigenvalue weighted by Gasteiger charge is -2.12. The third-order valence-electron chi connectivity index (χ3n) is 5.05. The Labute approximate surface area is 172 Å². The standard InChI is InChI=1S/C22H19N7O/c30-18-5-4-17(12-18)27-22-24-10-8-20(28-22)21-23-9-7-16(26-21)3-1-14-2-6-19-15(11-14)13-25-29-19/h2,6-11,13,17-18,30H,4-5,12H2,(H,25,29)(H,24,27,28)/t17-,18+/m0/s1. The molecule has 5 rings (SSSR count). The maximum absolute atomic E-state index is 9.70. The van der Waals surface area contributed by atoms with E-state index >= 15 is 0 Å². The molecule has 8 heteroatoms. The van der Waals surface area contributed by atoms with E-state index in [1.54, 1.807) is 30.7 Å². The van der Waals surface area contributed by atoms with Crippen LogP contribution in [0.5, 0.6) is 0 Å². The zero-order valence-corrected chi connectivity index (χ0v) is 16.1. The maximum atomic E-state index is 9.70. The molecule has 1 fully saturated rings. The number of aliphatic hydroxyl groups is 1. The first-order valence-corrected chi connectivity index (χ1v) is 9.79. The van der Waals surface area contributed by atoms with Gasteiger partial charge in [0.1, 0.15) is 11.4 Å². The Balaban J connectivity index is 1.37. The van der Waals surface area contributed by atoms with Gasteiger partial charge in [-0.15, -0.1) is 0 Å². The van der Waals surface area contributed by atoms with Gasteiger partial charge in [-0.1, -0.05) is 5.92 Å². The molecule has 1 aromatic carbocycles. The van der Waals surface area contributed by atoms with Crippen LogP contribution in [0.25, 0.3) is 22.4 Å². The van der Waals surface area contributed by atoms with Gasteiger partial charge in [0.2, 0.25) is 5.95 Å². The zero-order chi connectivity index (χ0) is 20.3. The number of rotatable bonds is 3. The largest absolute Gasteiger partial charge is 0.393 e. The van der Waals surface area contributed by atoms with Gasteiger partial charge in [-0.25, -0.2) is 19.9 Å². The fourth-order valence-electron chi connectivity index (χ4n) is 3.53. The summed E-state index contributed by atoms with van der Waals surface area (Å²) in [6.45, 7) is 0. The summed E-state index contributed by atoms with van der Waals surface area (Å²) in [5, 5.41) is 20.9. The van der Waals surface area contributed by atoms with Gasteiger partial charge >= 0.3 is 0 Å². The van der Waals surface area contributed by atoms with Crippen LogP contribution in [-0.2, 0) is 0 Å². The number of hydrogen-bond acceptors (Lipinski definition) is 7. The highest BCUT2D eigenvalue weighted by atomic mass is 16.3. The molecular weight excluding hydrogens is 378 g/mol. The summed E-state index contributed by atoms with van der Waals surface area (Å²) in [6.07, 6.45) is 7.29. The molecule has 1 saturated carbocycles. The van der Waals surface area contributed by atoms with Gasteiger partial charge in [-0.3, -0.25) is 5.10 Å². The Hall–Kier alpha value is -3.83. The third kappa shape index (κ3) is 3.97. The second kappa shape index (κ2) is 7.89. The first-order chi connectivity index (χ1) is 14.7. The van der Waals surface area contributed by atoms with Crippen molar-refractivity contribution in [2.24, 2.45) is 0 Å². The normalized spacial score (nSPS) is 18.2. The minimum Gasteiger partial charge on any atom is -0.393 e. The summed E-state index contributed by atoms with van der Waals surface area (Å²) in [4.78, 5) is 17.7. The average molecular weight is 397 g/mol. The van der Waals surface area contributed by atoms with E-state index in [-0.39, 0.29) is 12.1 Å². The van der Waals surface area contributed by atoms with Crippen LogP contribution >= 0.6 is 0 Å². The number of aliphatic hydroxyl groups excluding tert-OH is 1. The molecule has 30 heavy (non-hydrogen) atoms. The third-order valence-corrected chi connectivity index (χ3v) is 5.05. The van der Waals surface area contributed by atoms with Gasteiger partial charge < -0.3 is 10.4 Å². The van der Waals surface area contributed by atoms with Gasteiger partial charge in [-0.05, 0) is 55.5 Å². The predicted octanol–water partition coefficient (Wildman–Crippen LogP) is 2.54. The van der Waals surface area contributed by atoms with Crippen molar-refractivity contribution in [1.82, 2.24) is 30.1 Å². The smallest absolute Gasteiger partial charge is 0.223 e. The molecule has 4 aromatic rings. The first kappa shape index (κ1) is 18.2. The van der Waals surface area contributed by atoms with E-state index in [0.717, 1.165) is 29.3 Å². The highest BCUT2D eigenvalue weighted by Gasteiger charge is 2.23. The second-order valence-corrected chi connectivity index (χ2v) is 7.26. The summed E-state index contributed by atoms with van der Waals surface area (Å²) in [5.41, 5.74) is 3.09. The number of benzene rings is 1. The molecule has 3 N–H and O–H groups in total. The lowest BCUT2D eigenvalue weighted by molar-refractivity contribution is 0.182. The van der Waals surface area contributed by atoms with Crippen LogP contribution in [0.15, 0.2) is 48.9 Å². The summed E-state index contributed by atoms with van der Waals surface area (Å²) in [6, 6.07) is 9.60. The number of H-pyrrole nitrogens is 1. The molecule has 3 aromatic heterocycles. The molecule has 148 valence electrons. The van der Waals surface area contributed by atoms with Crippen molar-refractivity contribution >= 4 is 16.9 Å². The van der Waals surface area contributed by atoms with E-state index in [9.17, 15) is 5.11 Å². The van der Waals surface area contributed by atoms with Gasteiger partial charge in [-0.2, -0.15) is 5.10 Å². The lowest BCUT2D eigenvalue weighted by atomic mass is 10.1. The van der Waals surface area contributed by atoms with E-state index in [1.807, 2.05) is 18.2 Å². The number of aromatic nitrogens is 6. The minimum absolute atomic E-state index is 0.181.